The first-order valence-corrected chi connectivity index (χ1v) is 13.0. The van der Waals surface area contributed by atoms with Gasteiger partial charge in [0.05, 0.1) is 6.04 Å². The second-order valence-corrected chi connectivity index (χ2v) is 10.4. The number of benzene rings is 4. The van der Waals surface area contributed by atoms with Crippen molar-refractivity contribution in [3.05, 3.63) is 107 Å². The second kappa shape index (κ2) is 9.14. The van der Waals surface area contributed by atoms with E-state index in [1.54, 1.807) is 17.0 Å². The maximum atomic E-state index is 13.8. The highest BCUT2D eigenvalue weighted by Crippen LogP contribution is 2.40. The van der Waals surface area contributed by atoms with Crippen molar-refractivity contribution >= 4 is 39.9 Å². The van der Waals surface area contributed by atoms with Gasteiger partial charge in [0.25, 0.3) is 11.8 Å². The predicted molar refractivity (Wildman–Crippen MR) is 150 cm³/mol. The van der Waals surface area contributed by atoms with Gasteiger partial charge in [0.2, 0.25) is 5.91 Å². The van der Waals surface area contributed by atoms with Crippen LogP contribution in [0, 0.1) is 13.8 Å². The van der Waals surface area contributed by atoms with E-state index < -0.39 is 11.8 Å². The third-order valence-corrected chi connectivity index (χ3v) is 7.65. The molecule has 0 saturated carbocycles. The van der Waals surface area contributed by atoms with Crippen molar-refractivity contribution in [2.24, 2.45) is 0 Å². The van der Waals surface area contributed by atoms with Gasteiger partial charge in [-0.3, -0.25) is 19.3 Å². The summed E-state index contributed by atoms with van der Waals surface area (Å²) in [4.78, 5) is 43.5. The van der Waals surface area contributed by atoms with Gasteiger partial charge in [0, 0.05) is 33.9 Å². The van der Waals surface area contributed by atoms with E-state index >= 15 is 0 Å². The molecule has 1 N–H and O–H groups in total. The van der Waals surface area contributed by atoms with Crippen molar-refractivity contribution in [1.29, 1.82) is 0 Å². The number of fused-ring (bicyclic) bond motifs is 1. The number of anilines is 2. The van der Waals surface area contributed by atoms with Gasteiger partial charge in [0.1, 0.15) is 6.54 Å². The van der Waals surface area contributed by atoms with Gasteiger partial charge >= 0.3 is 0 Å². The molecule has 4 aromatic rings. The van der Waals surface area contributed by atoms with Crippen LogP contribution in [-0.4, -0.2) is 35.2 Å². The molecule has 4 aromatic carbocycles. The molecule has 0 saturated heterocycles. The Balaban J connectivity index is 1.31. The monoisotopic (exact) mass is 503 g/mol. The summed E-state index contributed by atoms with van der Waals surface area (Å²) in [5.74, 6) is -1.13. The summed E-state index contributed by atoms with van der Waals surface area (Å²) in [6.45, 7) is 5.80. The van der Waals surface area contributed by atoms with Crippen molar-refractivity contribution < 1.29 is 14.4 Å². The fraction of sp³-hybridized carbons (Fsp3) is 0.219. The molecule has 0 radical (unpaired) electrons. The topological polar surface area (TPSA) is 69.7 Å². The molecule has 3 amide bonds. The van der Waals surface area contributed by atoms with Gasteiger partial charge in [-0.05, 0) is 68.5 Å². The van der Waals surface area contributed by atoms with Gasteiger partial charge in [-0.15, -0.1) is 0 Å². The Bertz CT molecular complexity index is 1560. The number of carbonyl (C=O) groups excluding carboxylic acids is 3. The van der Waals surface area contributed by atoms with Crippen LogP contribution in [0.25, 0.3) is 10.8 Å². The van der Waals surface area contributed by atoms with E-state index in [-0.39, 0.29) is 24.5 Å². The Morgan fingerprint density at radius 2 is 1.50 bits per heavy atom. The molecule has 38 heavy (non-hydrogen) atoms. The van der Waals surface area contributed by atoms with Crippen LogP contribution >= 0.6 is 0 Å². The smallest absolute Gasteiger partial charge is 0.261 e. The first kappa shape index (κ1) is 23.9. The minimum atomic E-state index is -0.430. The minimum absolute atomic E-state index is 0.0226. The lowest BCUT2D eigenvalue weighted by atomic mass is 9.90. The maximum absolute atomic E-state index is 13.8. The van der Waals surface area contributed by atoms with Crippen LogP contribution in [-0.2, 0) is 4.79 Å². The van der Waals surface area contributed by atoms with Gasteiger partial charge in [-0.1, -0.05) is 59.7 Å². The van der Waals surface area contributed by atoms with Crippen molar-refractivity contribution in [3.8, 4) is 0 Å². The highest BCUT2D eigenvalue weighted by atomic mass is 16.2. The molecule has 6 rings (SSSR count). The number of nitrogens with zero attached hydrogens (tertiary/aromatic N) is 2. The lowest BCUT2D eigenvalue weighted by molar-refractivity contribution is -0.119. The largest absolute Gasteiger partial charge is 0.378 e. The minimum Gasteiger partial charge on any atom is -0.378 e. The summed E-state index contributed by atoms with van der Waals surface area (Å²) in [6.07, 6.45) is 0.695. The van der Waals surface area contributed by atoms with E-state index in [9.17, 15) is 14.4 Å². The third-order valence-electron chi connectivity index (χ3n) is 7.65. The first-order chi connectivity index (χ1) is 18.3. The predicted octanol–water partition coefficient (Wildman–Crippen LogP) is 6.03. The molecule has 0 bridgehead atoms. The molecular formula is C32H29N3O3. The summed E-state index contributed by atoms with van der Waals surface area (Å²) >= 11 is 0. The van der Waals surface area contributed by atoms with Crippen LogP contribution in [0.4, 0.5) is 11.4 Å². The number of aryl methyl sites for hydroxylation is 2. The number of hydrogen-bond acceptors (Lipinski definition) is 4. The molecule has 2 aliphatic heterocycles. The summed E-state index contributed by atoms with van der Waals surface area (Å²) < 4.78 is 0. The molecule has 0 spiro atoms. The molecule has 6 nitrogen and oxygen atoms in total. The average molecular weight is 504 g/mol. The number of imide groups is 1. The van der Waals surface area contributed by atoms with Crippen LogP contribution in [0.1, 0.15) is 56.8 Å². The normalized spacial score (nSPS) is 18.5. The van der Waals surface area contributed by atoms with Crippen molar-refractivity contribution in [2.45, 2.75) is 39.3 Å². The van der Waals surface area contributed by atoms with Crippen LogP contribution in [0.3, 0.4) is 0 Å². The fourth-order valence-corrected chi connectivity index (χ4v) is 5.79. The summed E-state index contributed by atoms with van der Waals surface area (Å²) in [5.41, 5.74) is 6.07. The van der Waals surface area contributed by atoms with Crippen LogP contribution in [0.15, 0.2) is 78.9 Å². The van der Waals surface area contributed by atoms with E-state index in [2.05, 4.69) is 42.6 Å². The summed E-state index contributed by atoms with van der Waals surface area (Å²) in [6, 6.07) is 25.1. The van der Waals surface area contributed by atoms with E-state index in [0.29, 0.717) is 22.9 Å². The molecule has 2 atom stereocenters. The standard InChI is InChI=1S/C32H29N3O3/c1-19-10-13-23(14-11-19)33-27-17-21(3)35(28-15-12-20(2)16-26(27)28)29(36)18-34-31(37)24-8-4-6-22-7-5-9-25(30(22)24)32(34)38/h4-16,21,27,33H,17-18H2,1-3H3/t21-,27+/m0/s1. The molecule has 6 heteroatoms. The van der Waals surface area contributed by atoms with Gasteiger partial charge in [-0.2, -0.15) is 0 Å². The Labute approximate surface area is 221 Å². The van der Waals surface area contributed by atoms with Crippen LogP contribution in [0.5, 0.6) is 0 Å². The second-order valence-electron chi connectivity index (χ2n) is 10.4. The molecule has 0 fully saturated rings. The zero-order valence-corrected chi connectivity index (χ0v) is 21.7. The van der Waals surface area contributed by atoms with Crippen molar-refractivity contribution in [2.75, 3.05) is 16.8 Å². The Morgan fingerprint density at radius 1 is 0.868 bits per heavy atom. The summed E-state index contributed by atoms with van der Waals surface area (Å²) in [7, 11) is 0. The average Bonchev–Trinajstić information content (AvgIpc) is 2.91. The highest BCUT2D eigenvalue weighted by Gasteiger charge is 2.38. The van der Waals surface area contributed by atoms with Crippen molar-refractivity contribution in [1.82, 2.24) is 4.90 Å². The van der Waals surface area contributed by atoms with E-state index in [1.165, 1.54) is 5.56 Å². The number of amides is 3. The number of nitrogens with one attached hydrogen (secondary N) is 1. The third kappa shape index (κ3) is 3.93. The zero-order valence-electron chi connectivity index (χ0n) is 21.7. The van der Waals surface area contributed by atoms with E-state index in [1.807, 2.05) is 50.2 Å². The molecular weight excluding hydrogens is 474 g/mol. The first-order valence-electron chi connectivity index (χ1n) is 13.0. The SMILES string of the molecule is Cc1ccc(N[C@@H]2C[C@H](C)N(C(=O)CN3C(=O)c4cccc5cccc(c45)C3=O)c3ccc(C)cc32)cc1. The molecule has 190 valence electrons. The molecule has 0 unspecified atom stereocenters. The van der Waals surface area contributed by atoms with Gasteiger partial charge < -0.3 is 10.2 Å². The fourth-order valence-electron chi connectivity index (χ4n) is 5.79. The van der Waals surface area contributed by atoms with Gasteiger partial charge in [0.15, 0.2) is 0 Å². The zero-order chi connectivity index (χ0) is 26.6. The molecule has 0 aromatic heterocycles. The molecule has 0 aliphatic carbocycles. The Morgan fingerprint density at radius 3 is 2.16 bits per heavy atom. The lowest BCUT2D eigenvalue weighted by Gasteiger charge is -2.41. The van der Waals surface area contributed by atoms with E-state index in [4.69, 9.17) is 0 Å². The van der Waals surface area contributed by atoms with Crippen LogP contribution in [0.2, 0.25) is 0 Å². The lowest BCUT2D eigenvalue weighted by Crippen LogP contribution is -2.51. The van der Waals surface area contributed by atoms with Crippen molar-refractivity contribution in [3.63, 3.8) is 0 Å². The summed E-state index contributed by atoms with van der Waals surface area (Å²) in [5, 5.41) is 5.14. The number of carbonyl (C=O) groups is 3. The highest BCUT2D eigenvalue weighted by molar-refractivity contribution is 6.26. The maximum Gasteiger partial charge on any atom is 0.261 e. The Hall–Kier alpha value is -4.45. The number of rotatable bonds is 4. The quantitative estimate of drug-likeness (QED) is 0.345. The van der Waals surface area contributed by atoms with Gasteiger partial charge in [-0.25, -0.2) is 0 Å². The number of hydrogen-bond donors (Lipinski definition) is 1. The molecule has 2 heterocycles. The Kier molecular flexibility index (Phi) is 5.75. The van der Waals surface area contributed by atoms with E-state index in [0.717, 1.165) is 32.8 Å². The molecule has 2 aliphatic rings. The van der Waals surface area contributed by atoms with Crippen LogP contribution < -0.4 is 10.2 Å².